The Morgan fingerprint density at radius 1 is 1.50 bits per heavy atom. The van der Waals surface area contributed by atoms with Gasteiger partial charge in [-0.1, -0.05) is 18.2 Å². The van der Waals surface area contributed by atoms with Gasteiger partial charge in [-0.05, 0) is 37.1 Å². The maximum Gasteiger partial charge on any atom is 0.159 e. The Morgan fingerprint density at radius 2 is 2.36 bits per heavy atom. The summed E-state index contributed by atoms with van der Waals surface area (Å²) in [5.41, 5.74) is 2.16. The van der Waals surface area contributed by atoms with Crippen molar-refractivity contribution < 1.29 is 4.79 Å². The molecular weight excluding hydrogens is 192 g/mol. The van der Waals surface area contributed by atoms with Crippen molar-refractivity contribution >= 4 is 17.5 Å². The van der Waals surface area contributed by atoms with Crippen molar-refractivity contribution in [3.05, 3.63) is 35.4 Å². The lowest BCUT2D eigenvalue weighted by Gasteiger charge is -2.09. The van der Waals surface area contributed by atoms with E-state index in [1.807, 2.05) is 30.0 Å². The third-order valence-electron chi connectivity index (χ3n) is 2.59. The van der Waals surface area contributed by atoms with E-state index < -0.39 is 0 Å². The van der Waals surface area contributed by atoms with Crippen molar-refractivity contribution in [2.45, 2.75) is 25.0 Å². The topological polar surface area (TPSA) is 17.1 Å². The van der Waals surface area contributed by atoms with E-state index in [9.17, 15) is 4.79 Å². The lowest BCUT2D eigenvalue weighted by Crippen LogP contribution is -1.95. The van der Waals surface area contributed by atoms with Crippen LogP contribution in [0.2, 0.25) is 0 Å². The van der Waals surface area contributed by atoms with Crippen molar-refractivity contribution in [1.82, 2.24) is 0 Å². The molecule has 14 heavy (non-hydrogen) atoms. The predicted octanol–water partition coefficient (Wildman–Crippen LogP) is 3.46. The van der Waals surface area contributed by atoms with Crippen molar-refractivity contribution in [2.24, 2.45) is 0 Å². The highest BCUT2D eigenvalue weighted by Crippen LogP contribution is 2.39. The molecule has 0 radical (unpaired) electrons. The van der Waals surface area contributed by atoms with Crippen molar-refractivity contribution in [1.29, 1.82) is 0 Å². The van der Waals surface area contributed by atoms with Gasteiger partial charge >= 0.3 is 0 Å². The van der Waals surface area contributed by atoms with E-state index in [-0.39, 0.29) is 5.78 Å². The van der Waals surface area contributed by atoms with Gasteiger partial charge in [-0.25, -0.2) is 0 Å². The van der Waals surface area contributed by atoms with E-state index in [4.69, 9.17) is 0 Å². The van der Waals surface area contributed by atoms with E-state index in [2.05, 4.69) is 6.07 Å². The molecule has 1 fully saturated rings. The number of hydrogen-bond acceptors (Lipinski definition) is 2. The minimum absolute atomic E-state index is 0.162. The molecule has 1 saturated heterocycles. The minimum Gasteiger partial charge on any atom is -0.295 e. The van der Waals surface area contributed by atoms with Gasteiger partial charge in [-0.3, -0.25) is 4.79 Å². The van der Waals surface area contributed by atoms with E-state index in [0.29, 0.717) is 5.25 Å². The summed E-state index contributed by atoms with van der Waals surface area (Å²) >= 11 is 2.00. The molecule has 0 aliphatic carbocycles. The van der Waals surface area contributed by atoms with Crippen LogP contribution in [0, 0.1) is 0 Å². The van der Waals surface area contributed by atoms with Crippen LogP contribution in [0.5, 0.6) is 0 Å². The van der Waals surface area contributed by atoms with Gasteiger partial charge in [-0.2, -0.15) is 11.8 Å². The molecule has 1 unspecified atom stereocenters. The largest absolute Gasteiger partial charge is 0.295 e. The number of benzene rings is 1. The van der Waals surface area contributed by atoms with Gasteiger partial charge in [0.25, 0.3) is 0 Å². The standard InChI is InChI=1S/C12H14OS/c1-9(13)10-4-2-5-11(8-10)12-6-3-7-14-12/h2,4-5,8,12H,3,6-7H2,1H3. The molecule has 1 aliphatic heterocycles. The van der Waals surface area contributed by atoms with Crippen LogP contribution in [0.25, 0.3) is 0 Å². The number of carbonyl (C=O) groups is 1. The van der Waals surface area contributed by atoms with Crippen LogP contribution in [0.4, 0.5) is 0 Å². The second kappa shape index (κ2) is 4.18. The van der Waals surface area contributed by atoms with Crippen LogP contribution in [-0.4, -0.2) is 11.5 Å². The Balaban J connectivity index is 2.25. The molecule has 1 nitrogen and oxygen atoms in total. The molecule has 0 saturated carbocycles. The molecule has 0 bridgehead atoms. The molecular formula is C12H14OS. The van der Waals surface area contributed by atoms with E-state index in [1.165, 1.54) is 24.2 Å². The fourth-order valence-corrected chi connectivity index (χ4v) is 3.09. The van der Waals surface area contributed by atoms with Gasteiger partial charge in [0.15, 0.2) is 5.78 Å². The molecule has 1 aromatic rings. The summed E-state index contributed by atoms with van der Waals surface area (Å²) in [7, 11) is 0. The second-order valence-electron chi connectivity index (χ2n) is 3.68. The van der Waals surface area contributed by atoms with Gasteiger partial charge in [0.1, 0.15) is 0 Å². The number of hydrogen-bond donors (Lipinski definition) is 0. The van der Waals surface area contributed by atoms with Crippen LogP contribution in [-0.2, 0) is 0 Å². The third-order valence-corrected chi connectivity index (χ3v) is 4.03. The quantitative estimate of drug-likeness (QED) is 0.689. The van der Waals surface area contributed by atoms with Gasteiger partial charge in [0.05, 0.1) is 0 Å². The maximum absolute atomic E-state index is 11.2. The van der Waals surface area contributed by atoms with Crippen molar-refractivity contribution in [3.8, 4) is 0 Å². The monoisotopic (exact) mass is 206 g/mol. The zero-order valence-electron chi connectivity index (χ0n) is 8.32. The molecule has 0 N–H and O–H groups in total. The Morgan fingerprint density at radius 3 is 3.00 bits per heavy atom. The molecule has 1 aromatic carbocycles. The lowest BCUT2D eigenvalue weighted by molar-refractivity contribution is 0.101. The van der Waals surface area contributed by atoms with E-state index in [0.717, 1.165) is 5.56 Å². The number of carbonyl (C=O) groups excluding carboxylic acids is 1. The van der Waals surface area contributed by atoms with E-state index >= 15 is 0 Å². The maximum atomic E-state index is 11.2. The summed E-state index contributed by atoms with van der Waals surface area (Å²) in [6.45, 7) is 1.63. The molecule has 1 atom stereocenters. The SMILES string of the molecule is CC(=O)c1cccc(C2CCCS2)c1. The highest BCUT2D eigenvalue weighted by molar-refractivity contribution is 7.99. The number of ketones is 1. The third kappa shape index (κ3) is 2.01. The zero-order chi connectivity index (χ0) is 9.97. The number of thioether (sulfide) groups is 1. The van der Waals surface area contributed by atoms with E-state index in [1.54, 1.807) is 6.92 Å². The number of rotatable bonds is 2. The Labute approximate surface area is 88.9 Å². The normalized spacial score (nSPS) is 21.1. The zero-order valence-corrected chi connectivity index (χ0v) is 9.14. The van der Waals surface area contributed by atoms with Crippen molar-refractivity contribution in [3.63, 3.8) is 0 Å². The first-order chi connectivity index (χ1) is 6.77. The molecule has 1 heterocycles. The highest BCUT2D eigenvalue weighted by atomic mass is 32.2. The second-order valence-corrected chi connectivity index (χ2v) is 4.99. The summed E-state index contributed by atoms with van der Waals surface area (Å²) in [6.07, 6.45) is 2.56. The first-order valence-electron chi connectivity index (χ1n) is 5.00. The predicted molar refractivity (Wildman–Crippen MR) is 60.9 cm³/mol. The van der Waals surface area contributed by atoms with Crippen LogP contribution >= 0.6 is 11.8 Å². The summed E-state index contributed by atoms with van der Waals surface area (Å²) in [5.74, 6) is 1.42. The van der Waals surface area contributed by atoms with Crippen molar-refractivity contribution in [2.75, 3.05) is 5.75 Å². The molecule has 2 rings (SSSR count). The Kier molecular flexibility index (Phi) is 2.92. The lowest BCUT2D eigenvalue weighted by atomic mass is 10.0. The van der Waals surface area contributed by atoms with Gasteiger partial charge in [-0.15, -0.1) is 0 Å². The summed E-state index contributed by atoms with van der Waals surface area (Å²) < 4.78 is 0. The molecule has 0 spiro atoms. The number of Topliss-reactive ketones (excluding diaryl/α,β-unsaturated/α-hetero) is 1. The fourth-order valence-electron chi connectivity index (χ4n) is 1.80. The van der Waals surface area contributed by atoms with Crippen LogP contribution in [0.15, 0.2) is 24.3 Å². The average Bonchev–Trinajstić information content (AvgIpc) is 2.71. The first-order valence-corrected chi connectivity index (χ1v) is 6.05. The minimum atomic E-state index is 0.162. The van der Waals surface area contributed by atoms with Crippen LogP contribution < -0.4 is 0 Å². The van der Waals surface area contributed by atoms with Gasteiger partial charge in [0, 0.05) is 10.8 Å². The Hall–Kier alpha value is -0.760. The molecule has 2 heteroatoms. The van der Waals surface area contributed by atoms with Crippen LogP contribution in [0.3, 0.4) is 0 Å². The molecule has 74 valence electrons. The van der Waals surface area contributed by atoms with Gasteiger partial charge < -0.3 is 0 Å². The molecule has 1 aliphatic rings. The first kappa shape index (κ1) is 9.78. The fraction of sp³-hybridized carbons (Fsp3) is 0.417. The highest BCUT2D eigenvalue weighted by Gasteiger charge is 2.17. The smallest absolute Gasteiger partial charge is 0.159 e. The summed E-state index contributed by atoms with van der Waals surface area (Å²) in [5, 5.41) is 0.620. The Bertz CT molecular complexity index is 340. The molecule has 0 amide bonds. The summed E-state index contributed by atoms with van der Waals surface area (Å²) in [4.78, 5) is 11.2. The van der Waals surface area contributed by atoms with Gasteiger partial charge in [0.2, 0.25) is 0 Å². The molecule has 0 aromatic heterocycles. The summed E-state index contributed by atoms with van der Waals surface area (Å²) in [6, 6.07) is 8.07. The van der Waals surface area contributed by atoms with Crippen LogP contribution in [0.1, 0.15) is 40.9 Å². The average molecular weight is 206 g/mol.